The Hall–Kier alpha value is -1.35. The van der Waals surface area contributed by atoms with Gasteiger partial charge in [-0.15, -0.1) is 0 Å². The highest BCUT2D eigenvalue weighted by molar-refractivity contribution is 5.94. The maximum atomic E-state index is 12.1. The summed E-state index contributed by atoms with van der Waals surface area (Å²) < 4.78 is 0. The van der Waals surface area contributed by atoms with E-state index in [0.717, 1.165) is 18.0 Å². The number of piperidine rings is 1. The van der Waals surface area contributed by atoms with Gasteiger partial charge in [-0.2, -0.15) is 0 Å². The zero-order valence-electron chi connectivity index (χ0n) is 13.8. The van der Waals surface area contributed by atoms with E-state index in [2.05, 4.69) is 29.3 Å². The van der Waals surface area contributed by atoms with E-state index in [1.807, 2.05) is 32.9 Å². The molecule has 1 amide bonds. The molecule has 1 aliphatic rings. The van der Waals surface area contributed by atoms with E-state index in [0.29, 0.717) is 0 Å². The predicted molar refractivity (Wildman–Crippen MR) is 87.3 cm³/mol. The Kier molecular flexibility index (Phi) is 5.04. The molecule has 1 aromatic carbocycles. The molecule has 0 bridgehead atoms. The number of carbonyl (C=O) groups excluding carboxylic acids is 1. The van der Waals surface area contributed by atoms with E-state index in [1.165, 1.54) is 31.5 Å². The van der Waals surface area contributed by atoms with E-state index in [4.69, 9.17) is 0 Å². The number of nitrogens with one attached hydrogen (secondary N) is 1. The number of carbonyl (C=O) groups is 1. The van der Waals surface area contributed by atoms with E-state index in [9.17, 15) is 4.79 Å². The van der Waals surface area contributed by atoms with Crippen LogP contribution in [0.3, 0.4) is 0 Å². The fourth-order valence-electron chi connectivity index (χ4n) is 2.86. The fraction of sp³-hybridized carbons (Fsp3) is 0.611. The first-order chi connectivity index (χ1) is 9.83. The molecule has 1 aliphatic heterocycles. The Labute approximate surface area is 128 Å². The van der Waals surface area contributed by atoms with Gasteiger partial charge in [-0.05, 0) is 63.8 Å². The van der Waals surface area contributed by atoms with Gasteiger partial charge in [0.25, 0.3) is 5.91 Å². The second kappa shape index (κ2) is 6.61. The number of hydrogen-bond donors (Lipinski definition) is 1. The highest BCUT2D eigenvalue weighted by atomic mass is 16.1. The SMILES string of the molecule is C[C@@H]1CCCN(Cc2ccc(C(=O)NC(C)(C)C)cc2)C1. The topological polar surface area (TPSA) is 32.3 Å². The number of amides is 1. The van der Waals surface area contributed by atoms with Crippen molar-refractivity contribution in [3.63, 3.8) is 0 Å². The largest absolute Gasteiger partial charge is 0.347 e. The third-order valence-electron chi connectivity index (χ3n) is 3.85. The lowest BCUT2D eigenvalue weighted by atomic mass is 9.99. The van der Waals surface area contributed by atoms with Crippen molar-refractivity contribution in [1.29, 1.82) is 0 Å². The minimum absolute atomic E-state index is 0.000597. The first-order valence-corrected chi connectivity index (χ1v) is 7.97. The average Bonchev–Trinajstić information content (AvgIpc) is 2.37. The molecule has 1 atom stereocenters. The molecule has 2 rings (SSSR count). The summed E-state index contributed by atoms with van der Waals surface area (Å²) in [6.07, 6.45) is 2.65. The lowest BCUT2D eigenvalue weighted by Crippen LogP contribution is -2.40. The third-order valence-corrected chi connectivity index (χ3v) is 3.85. The molecule has 0 aromatic heterocycles. The van der Waals surface area contributed by atoms with Crippen molar-refractivity contribution in [2.24, 2.45) is 5.92 Å². The van der Waals surface area contributed by atoms with Crippen LogP contribution in [0.4, 0.5) is 0 Å². The molecule has 0 aliphatic carbocycles. The molecule has 1 saturated heterocycles. The summed E-state index contributed by atoms with van der Waals surface area (Å²) in [5, 5.41) is 2.99. The van der Waals surface area contributed by atoms with Crippen molar-refractivity contribution in [1.82, 2.24) is 10.2 Å². The molecule has 116 valence electrons. The van der Waals surface area contributed by atoms with Crippen LogP contribution < -0.4 is 5.32 Å². The summed E-state index contributed by atoms with van der Waals surface area (Å²) in [5.41, 5.74) is 1.83. The molecule has 0 saturated carbocycles. The minimum Gasteiger partial charge on any atom is -0.347 e. The molecule has 0 unspecified atom stereocenters. The molecular weight excluding hydrogens is 260 g/mol. The molecule has 21 heavy (non-hydrogen) atoms. The number of rotatable bonds is 3. The second-order valence-corrected chi connectivity index (χ2v) is 7.38. The predicted octanol–water partition coefficient (Wildman–Crippen LogP) is 3.45. The number of benzene rings is 1. The van der Waals surface area contributed by atoms with Crippen LogP contribution in [0, 0.1) is 5.92 Å². The summed E-state index contributed by atoms with van der Waals surface area (Å²) >= 11 is 0. The quantitative estimate of drug-likeness (QED) is 0.924. The van der Waals surface area contributed by atoms with Crippen molar-refractivity contribution in [2.75, 3.05) is 13.1 Å². The van der Waals surface area contributed by atoms with Crippen LogP contribution in [0.1, 0.15) is 56.5 Å². The summed E-state index contributed by atoms with van der Waals surface area (Å²) in [6.45, 7) is 11.7. The molecular formula is C18H28N2O. The molecule has 1 fully saturated rings. The van der Waals surface area contributed by atoms with E-state index in [-0.39, 0.29) is 11.4 Å². The Bertz CT molecular complexity index is 473. The molecule has 0 spiro atoms. The number of nitrogens with zero attached hydrogens (tertiary/aromatic N) is 1. The Balaban J connectivity index is 1.94. The zero-order valence-corrected chi connectivity index (χ0v) is 13.8. The smallest absolute Gasteiger partial charge is 0.251 e. The van der Waals surface area contributed by atoms with Crippen LogP contribution in [0.5, 0.6) is 0 Å². The minimum atomic E-state index is -0.195. The zero-order chi connectivity index (χ0) is 15.5. The van der Waals surface area contributed by atoms with Crippen LogP contribution in [0.2, 0.25) is 0 Å². The number of likely N-dealkylation sites (tertiary alicyclic amines) is 1. The molecule has 3 nitrogen and oxygen atoms in total. The summed E-state index contributed by atoms with van der Waals surface area (Å²) in [5.74, 6) is 0.802. The highest BCUT2D eigenvalue weighted by Gasteiger charge is 2.17. The van der Waals surface area contributed by atoms with E-state index < -0.39 is 0 Å². The van der Waals surface area contributed by atoms with Crippen molar-refractivity contribution < 1.29 is 4.79 Å². The molecule has 1 aromatic rings. The van der Waals surface area contributed by atoms with Gasteiger partial charge in [0.05, 0.1) is 0 Å². The van der Waals surface area contributed by atoms with Gasteiger partial charge in [0, 0.05) is 24.2 Å². The van der Waals surface area contributed by atoms with Crippen molar-refractivity contribution >= 4 is 5.91 Å². The van der Waals surface area contributed by atoms with Crippen molar-refractivity contribution in [3.05, 3.63) is 35.4 Å². The van der Waals surface area contributed by atoms with Gasteiger partial charge in [0.1, 0.15) is 0 Å². The first-order valence-electron chi connectivity index (χ1n) is 7.97. The van der Waals surface area contributed by atoms with Crippen LogP contribution in [0.25, 0.3) is 0 Å². The van der Waals surface area contributed by atoms with Gasteiger partial charge in [0.2, 0.25) is 0 Å². The maximum Gasteiger partial charge on any atom is 0.251 e. The first kappa shape index (κ1) is 16.0. The van der Waals surface area contributed by atoms with E-state index >= 15 is 0 Å². The normalized spacial score (nSPS) is 20.3. The van der Waals surface area contributed by atoms with Crippen LogP contribution in [0.15, 0.2) is 24.3 Å². The summed E-state index contributed by atoms with van der Waals surface area (Å²) in [4.78, 5) is 14.6. The van der Waals surface area contributed by atoms with Gasteiger partial charge >= 0.3 is 0 Å². The standard InChI is InChI=1S/C18H28N2O/c1-14-6-5-11-20(12-14)13-15-7-9-16(10-8-15)17(21)19-18(2,3)4/h7-10,14H,5-6,11-13H2,1-4H3,(H,19,21)/t14-/m1/s1. The van der Waals surface area contributed by atoms with Gasteiger partial charge in [-0.1, -0.05) is 19.1 Å². The van der Waals surface area contributed by atoms with E-state index in [1.54, 1.807) is 0 Å². The van der Waals surface area contributed by atoms with Crippen molar-refractivity contribution in [2.45, 2.75) is 52.6 Å². The van der Waals surface area contributed by atoms with Crippen LogP contribution in [-0.2, 0) is 6.54 Å². The monoisotopic (exact) mass is 288 g/mol. The summed E-state index contributed by atoms with van der Waals surface area (Å²) in [7, 11) is 0. The fourth-order valence-corrected chi connectivity index (χ4v) is 2.86. The lowest BCUT2D eigenvalue weighted by molar-refractivity contribution is 0.0919. The van der Waals surface area contributed by atoms with Gasteiger partial charge in [0.15, 0.2) is 0 Å². The average molecular weight is 288 g/mol. The Morgan fingerprint density at radius 1 is 1.29 bits per heavy atom. The Morgan fingerprint density at radius 3 is 2.52 bits per heavy atom. The van der Waals surface area contributed by atoms with Gasteiger partial charge < -0.3 is 5.32 Å². The van der Waals surface area contributed by atoms with Crippen LogP contribution in [-0.4, -0.2) is 29.4 Å². The molecule has 1 N–H and O–H groups in total. The molecule has 3 heteroatoms. The second-order valence-electron chi connectivity index (χ2n) is 7.38. The number of hydrogen-bond acceptors (Lipinski definition) is 2. The summed E-state index contributed by atoms with van der Waals surface area (Å²) in [6, 6.07) is 8.03. The van der Waals surface area contributed by atoms with Crippen LogP contribution >= 0.6 is 0 Å². The van der Waals surface area contributed by atoms with Gasteiger partial charge in [-0.3, -0.25) is 9.69 Å². The van der Waals surface area contributed by atoms with Gasteiger partial charge in [-0.25, -0.2) is 0 Å². The lowest BCUT2D eigenvalue weighted by Gasteiger charge is -2.30. The Morgan fingerprint density at radius 2 is 1.95 bits per heavy atom. The third kappa shape index (κ3) is 5.16. The van der Waals surface area contributed by atoms with Crippen molar-refractivity contribution in [3.8, 4) is 0 Å². The maximum absolute atomic E-state index is 12.1. The molecule has 1 heterocycles. The highest BCUT2D eigenvalue weighted by Crippen LogP contribution is 2.18. The molecule has 0 radical (unpaired) electrons.